The molecule has 0 aromatic heterocycles. The van der Waals surface area contributed by atoms with Crippen molar-refractivity contribution in [1.29, 1.82) is 0 Å². The number of halogens is 1. The number of likely N-dealkylation sites (tertiary alicyclic amines) is 1. The molecule has 6 nitrogen and oxygen atoms in total. The lowest BCUT2D eigenvalue weighted by Crippen LogP contribution is -2.99. The number of imide groups is 1. The Kier molecular flexibility index (Phi) is 3.75. The zero-order valence-electron chi connectivity index (χ0n) is 14.7. The van der Waals surface area contributed by atoms with Crippen molar-refractivity contribution in [2.24, 2.45) is 17.8 Å². The summed E-state index contributed by atoms with van der Waals surface area (Å²) in [6.45, 7) is 7.83. The largest absolute Gasteiger partial charge is 0.326 e. The summed E-state index contributed by atoms with van der Waals surface area (Å²) >= 11 is 6.19. The lowest BCUT2D eigenvalue weighted by Gasteiger charge is -2.27. The highest BCUT2D eigenvalue weighted by molar-refractivity contribution is 6.31. The maximum Gasteiger partial charge on any atom is 0.291 e. The molecule has 7 heteroatoms. The maximum absolute atomic E-state index is 13.2. The van der Waals surface area contributed by atoms with Crippen LogP contribution in [-0.2, 0) is 19.9 Å². The summed E-state index contributed by atoms with van der Waals surface area (Å²) in [7, 11) is 0. The number of hydrogen-bond acceptors (Lipinski definition) is 3. The van der Waals surface area contributed by atoms with Crippen LogP contribution in [0.5, 0.6) is 0 Å². The first-order chi connectivity index (χ1) is 12.3. The van der Waals surface area contributed by atoms with Crippen molar-refractivity contribution in [2.45, 2.75) is 25.4 Å². The third-order valence-corrected chi connectivity index (χ3v) is 6.17. The third kappa shape index (κ3) is 2.00. The van der Waals surface area contributed by atoms with Gasteiger partial charge in [0.1, 0.15) is 17.9 Å². The molecule has 4 rings (SSSR count). The van der Waals surface area contributed by atoms with Crippen LogP contribution in [-0.4, -0.2) is 35.2 Å². The van der Waals surface area contributed by atoms with Gasteiger partial charge in [-0.15, -0.1) is 6.58 Å². The summed E-state index contributed by atoms with van der Waals surface area (Å²) in [6.07, 6.45) is 1.54. The molecular formula is C19H21ClN3O3+. The smallest absolute Gasteiger partial charge is 0.291 e. The van der Waals surface area contributed by atoms with Crippen molar-refractivity contribution in [3.63, 3.8) is 0 Å². The van der Waals surface area contributed by atoms with Crippen LogP contribution in [0.15, 0.2) is 30.9 Å². The van der Waals surface area contributed by atoms with Crippen molar-refractivity contribution >= 4 is 35.0 Å². The average Bonchev–Trinajstić information content (AvgIpc) is 3.17. The van der Waals surface area contributed by atoms with Gasteiger partial charge in [-0.3, -0.25) is 19.3 Å². The lowest BCUT2D eigenvalue weighted by atomic mass is 9.76. The number of carbonyl (C=O) groups is 3. The molecule has 0 unspecified atom stereocenters. The van der Waals surface area contributed by atoms with E-state index in [2.05, 4.69) is 11.9 Å². The Morgan fingerprint density at radius 2 is 2.08 bits per heavy atom. The first-order valence-corrected chi connectivity index (χ1v) is 9.14. The molecule has 4 atom stereocenters. The second-order valence-corrected chi connectivity index (χ2v) is 8.02. The molecule has 1 aromatic carbocycles. The highest BCUT2D eigenvalue weighted by Crippen LogP contribution is 2.50. The number of amides is 3. The maximum atomic E-state index is 13.2. The van der Waals surface area contributed by atoms with Gasteiger partial charge in [0.2, 0.25) is 17.4 Å². The van der Waals surface area contributed by atoms with E-state index in [1.807, 2.05) is 19.2 Å². The number of fused-ring (bicyclic) bond motifs is 4. The van der Waals surface area contributed by atoms with Crippen molar-refractivity contribution in [2.75, 3.05) is 11.9 Å². The second-order valence-electron chi connectivity index (χ2n) is 7.58. The minimum absolute atomic E-state index is 0.123. The van der Waals surface area contributed by atoms with E-state index < -0.39 is 17.4 Å². The Morgan fingerprint density at radius 1 is 1.35 bits per heavy atom. The molecule has 0 radical (unpaired) electrons. The van der Waals surface area contributed by atoms with Crippen LogP contribution in [0.2, 0.25) is 5.02 Å². The molecule has 3 amide bonds. The molecule has 2 fully saturated rings. The van der Waals surface area contributed by atoms with Crippen molar-refractivity contribution in [1.82, 2.24) is 4.90 Å². The van der Waals surface area contributed by atoms with E-state index in [9.17, 15) is 14.4 Å². The van der Waals surface area contributed by atoms with Gasteiger partial charge in [0.25, 0.3) is 5.91 Å². The van der Waals surface area contributed by atoms with E-state index in [4.69, 9.17) is 11.6 Å². The number of quaternary nitrogens is 1. The van der Waals surface area contributed by atoms with E-state index >= 15 is 0 Å². The zero-order valence-corrected chi connectivity index (χ0v) is 15.4. The number of nitrogens with two attached hydrogens (primary N) is 1. The molecule has 26 heavy (non-hydrogen) atoms. The van der Waals surface area contributed by atoms with E-state index in [0.29, 0.717) is 16.3 Å². The minimum atomic E-state index is -1.15. The van der Waals surface area contributed by atoms with Crippen LogP contribution in [0.3, 0.4) is 0 Å². The third-order valence-electron chi connectivity index (χ3n) is 5.94. The Hall–Kier alpha value is -2.18. The molecule has 2 saturated heterocycles. The Labute approximate surface area is 156 Å². The van der Waals surface area contributed by atoms with E-state index in [-0.39, 0.29) is 36.2 Å². The highest BCUT2D eigenvalue weighted by atomic mass is 35.5. The van der Waals surface area contributed by atoms with Gasteiger partial charge in [0, 0.05) is 23.0 Å². The van der Waals surface area contributed by atoms with Gasteiger partial charge in [0.15, 0.2) is 0 Å². The summed E-state index contributed by atoms with van der Waals surface area (Å²) in [5.41, 5.74) is 0.193. The van der Waals surface area contributed by atoms with Crippen LogP contribution in [0, 0.1) is 17.8 Å². The number of benzene rings is 1. The molecular weight excluding hydrogens is 354 g/mol. The molecule has 3 aliphatic heterocycles. The van der Waals surface area contributed by atoms with Crippen molar-refractivity contribution < 1.29 is 19.7 Å². The number of hydrogen-bond donors (Lipinski definition) is 2. The fraction of sp³-hybridized carbons (Fsp3) is 0.421. The highest BCUT2D eigenvalue weighted by Gasteiger charge is 2.74. The Balaban J connectivity index is 1.92. The predicted molar refractivity (Wildman–Crippen MR) is 96.2 cm³/mol. The van der Waals surface area contributed by atoms with Crippen LogP contribution < -0.4 is 10.6 Å². The normalized spacial score (nSPS) is 32.4. The molecule has 3 N–H and O–H groups in total. The monoisotopic (exact) mass is 374 g/mol. The minimum Gasteiger partial charge on any atom is -0.326 e. The molecule has 0 saturated carbocycles. The average molecular weight is 375 g/mol. The van der Waals surface area contributed by atoms with Gasteiger partial charge >= 0.3 is 0 Å². The predicted octanol–water partition coefficient (Wildman–Crippen LogP) is 0.876. The van der Waals surface area contributed by atoms with Crippen LogP contribution in [0.4, 0.5) is 5.69 Å². The number of carbonyl (C=O) groups excluding carboxylic acids is 3. The molecule has 136 valence electrons. The fourth-order valence-corrected chi connectivity index (χ4v) is 5.01. The molecule has 0 bridgehead atoms. The Morgan fingerprint density at radius 3 is 2.73 bits per heavy atom. The van der Waals surface area contributed by atoms with Crippen LogP contribution >= 0.6 is 11.6 Å². The van der Waals surface area contributed by atoms with E-state index in [1.54, 1.807) is 18.2 Å². The summed E-state index contributed by atoms with van der Waals surface area (Å²) in [6, 6.07) is 5.02. The SMILES string of the molecule is C=CCN1C(=O)[C@H]2[C@H](C(C)C)[NH2+][C@@]3(C(=O)Nc4ccc(Cl)cc43)[C@H]2C1=O. The van der Waals surface area contributed by atoms with Gasteiger partial charge in [-0.05, 0) is 18.2 Å². The molecule has 1 aromatic rings. The van der Waals surface area contributed by atoms with Gasteiger partial charge in [-0.1, -0.05) is 31.5 Å². The molecule has 0 aliphatic carbocycles. The number of nitrogens with zero attached hydrogens (tertiary/aromatic N) is 1. The van der Waals surface area contributed by atoms with E-state index in [1.165, 1.54) is 11.0 Å². The van der Waals surface area contributed by atoms with Gasteiger partial charge in [-0.25, -0.2) is 0 Å². The Bertz CT molecular complexity index is 852. The molecule has 1 spiro atoms. The zero-order chi connectivity index (χ0) is 18.8. The van der Waals surface area contributed by atoms with Crippen LogP contribution in [0.25, 0.3) is 0 Å². The van der Waals surface area contributed by atoms with Gasteiger partial charge < -0.3 is 10.6 Å². The summed E-state index contributed by atoms with van der Waals surface area (Å²) in [4.78, 5) is 40.5. The summed E-state index contributed by atoms with van der Waals surface area (Å²) < 4.78 is 0. The second kappa shape index (κ2) is 5.66. The topological polar surface area (TPSA) is 83.1 Å². The quantitative estimate of drug-likeness (QED) is 0.608. The van der Waals surface area contributed by atoms with Crippen LogP contribution in [0.1, 0.15) is 19.4 Å². The number of anilines is 1. The first kappa shape index (κ1) is 17.2. The first-order valence-electron chi connectivity index (χ1n) is 8.76. The van der Waals surface area contributed by atoms with Crippen molar-refractivity contribution in [3.05, 3.63) is 41.4 Å². The molecule has 3 heterocycles. The van der Waals surface area contributed by atoms with Gasteiger partial charge in [-0.2, -0.15) is 0 Å². The van der Waals surface area contributed by atoms with Crippen molar-refractivity contribution in [3.8, 4) is 0 Å². The number of rotatable bonds is 3. The fourth-order valence-electron chi connectivity index (χ4n) is 4.83. The molecule has 3 aliphatic rings. The van der Waals surface area contributed by atoms with E-state index in [0.717, 1.165) is 0 Å². The standard InChI is InChI=1S/C19H20ClN3O3/c1-4-7-23-16(24)13-14(17(23)25)19(22-15(13)9(2)3)11-8-10(20)5-6-12(11)21-18(19)26/h4-6,8-9,13-15,22H,1,7H2,2-3H3,(H,21,26)/p+1/t13-,14-,15+,19-/m1/s1. The summed E-state index contributed by atoms with van der Waals surface area (Å²) in [5, 5.41) is 5.30. The summed E-state index contributed by atoms with van der Waals surface area (Å²) in [5.74, 6) is -1.91. The van der Waals surface area contributed by atoms with Gasteiger partial charge in [0.05, 0.1) is 5.69 Å². The number of nitrogens with one attached hydrogen (secondary N) is 1. The lowest BCUT2D eigenvalue weighted by molar-refractivity contribution is -0.738.